The van der Waals surface area contributed by atoms with Gasteiger partial charge in [-0.2, -0.15) is 4.68 Å². The molecule has 0 fully saturated rings. The molecular weight excluding hydrogens is 306 g/mol. The fourth-order valence-electron chi connectivity index (χ4n) is 2.09. The van der Waals surface area contributed by atoms with E-state index in [0.29, 0.717) is 11.5 Å². The van der Waals surface area contributed by atoms with Gasteiger partial charge in [0, 0.05) is 12.1 Å². The highest BCUT2D eigenvalue weighted by Crippen LogP contribution is 2.17. The molecule has 7 nitrogen and oxygen atoms in total. The van der Waals surface area contributed by atoms with Crippen LogP contribution in [0.3, 0.4) is 0 Å². The third kappa shape index (κ3) is 3.58. The van der Waals surface area contributed by atoms with Gasteiger partial charge in [0.2, 0.25) is 0 Å². The molecule has 2 aromatic carbocycles. The smallest absolute Gasteiger partial charge is 0.258 e. The molecule has 0 atom stereocenters. The van der Waals surface area contributed by atoms with Gasteiger partial charge < -0.3 is 0 Å². The summed E-state index contributed by atoms with van der Waals surface area (Å²) in [6, 6.07) is 16.0. The zero-order chi connectivity index (χ0) is 16.8. The van der Waals surface area contributed by atoms with Crippen LogP contribution < -0.4 is 0 Å². The Morgan fingerprint density at radius 2 is 1.79 bits per heavy atom. The SMILES string of the molecule is O=[N+]([O-])c1cccc(-n2nnnc2C=CC=Cc2ccccc2)c1. The Hall–Kier alpha value is -3.61. The molecule has 1 heterocycles. The quantitative estimate of drug-likeness (QED) is 0.409. The number of aromatic nitrogens is 4. The lowest BCUT2D eigenvalue weighted by Gasteiger charge is -2.01. The maximum Gasteiger partial charge on any atom is 0.271 e. The van der Waals surface area contributed by atoms with Crippen molar-refractivity contribution >= 4 is 17.8 Å². The van der Waals surface area contributed by atoms with E-state index in [2.05, 4.69) is 15.5 Å². The van der Waals surface area contributed by atoms with E-state index >= 15 is 0 Å². The van der Waals surface area contributed by atoms with E-state index in [1.807, 2.05) is 48.6 Å². The van der Waals surface area contributed by atoms with Gasteiger partial charge in [0.15, 0.2) is 5.82 Å². The third-order valence-corrected chi connectivity index (χ3v) is 3.22. The van der Waals surface area contributed by atoms with Gasteiger partial charge in [-0.05, 0) is 28.1 Å². The van der Waals surface area contributed by atoms with Crippen LogP contribution in [-0.4, -0.2) is 25.1 Å². The van der Waals surface area contributed by atoms with Gasteiger partial charge in [-0.1, -0.05) is 54.6 Å². The number of rotatable bonds is 5. The molecular formula is C17H13N5O2. The molecule has 0 aliphatic rings. The Morgan fingerprint density at radius 3 is 2.58 bits per heavy atom. The second-order valence-corrected chi connectivity index (χ2v) is 4.85. The standard InChI is InChI=1S/C17H13N5O2/c23-22(24)16-11-6-10-15(13-16)21-17(18-19-20-21)12-5-4-9-14-7-2-1-3-8-14/h1-13H. The van der Waals surface area contributed by atoms with Gasteiger partial charge >= 0.3 is 0 Å². The number of nitrogens with zero attached hydrogens (tertiary/aromatic N) is 5. The number of hydrogen-bond acceptors (Lipinski definition) is 5. The molecule has 0 spiro atoms. The predicted octanol–water partition coefficient (Wildman–Crippen LogP) is 3.30. The minimum atomic E-state index is -0.452. The van der Waals surface area contributed by atoms with E-state index in [-0.39, 0.29) is 5.69 Å². The second-order valence-electron chi connectivity index (χ2n) is 4.85. The molecule has 7 heteroatoms. The van der Waals surface area contributed by atoms with Gasteiger partial charge in [-0.25, -0.2) is 0 Å². The van der Waals surface area contributed by atoms with E-state index in [4.69, 9.17) is 0 Å². The highest BCUT2D eigenvalue weighted by molar-refractivity contribution is 5.55. The molecule has 0 N–H and O–H groups in total. The normalized spacial score (nSPS) is 11.3. The highest BCUT2D eigenvalue weighted by Gasteiger charge is 2.10. The summed E-state index contributed by atoms with van der Waals surface area (Å²) in [5.41, 5.74) is 1.60. The molecule has 0 amide bonds. The third-order valence-electron chi connectivity index (χ3n) is 3.22. The van der Waals surface area contributed by atoms with E-state index in [1.54, 1.807) is 18.2 Å². The number of nitro benzene ring substituents is 1. The van der Waals surface area contributed by atoms with Gasteiger partial charge in [-0.3, -0.25) is 10.1 Å². The lowest BCUT2D eigenvalue weighted by Crippen LogP contribution is -2.00. The number of hydrogen-bond donors (Lipinski definition) is 0. The van der Waals surface area contributed by atoms with Crippen LogP contribution in [-0.2, 0) is 0 Å². The number of nitro groups is 1. The average molecular weight is 319 g/mol. The molecule has 3 rings (SSSR count). The fraction of sp³-hybridized carbons (Fsp3) is 0. The van der Waals surface area contributed by atoms with Crippen molar-refractivity contribution in [2.45, 2.75) is 0 Å². The zero-order valence-electron chi connectivity index (χ0n) is 12.6. The van der Waals surface area contributed by atoms with Crippen molar-refractivity contribution in [1.29, 1.82) is 0 Å². The first-order chi connectivity index (χ1) is 11.7. The number of benzene rings is 2. The maximum absolute atomic E-state index is 10.9. The fourth-order valence-corrected chi connectivity index (χ4v) is 2.09. The molecule has 0 aliphatic carbocycles. The summed E-state index contributed by atoms with van der Waals surface area (Å²) in [4.78, 5) is 10.4. The Morgan fingerprint density at radius 1 is 1.00 bits per heavy atom. The largest absolute Gasteiger partial charge is 0.271 e. The maximum atomic E-state index is 10.9. The minimum Gasteiger partial charge on any atom is -0.258 e. The van der Waals surface area contributed by atoms with Crippen LogP contribution >= 0.6 is 0 Å². The van der Waals surface area contributed by atoms with Crippen molar-refractivity contribution in [2.24, 2.45) is 0 Å². The van der Waals surface area contributed by atoms with Crippen LogP contribution in [0, 0.1) is 10.1 Å². The van der Waals surface area contributed by atoms with Gasteiger partial charge in [0.1, 0.15) is 0 Å². The van der Waals surface area contributed by atoms with Crippen molar-refractivity contribution < 1.29 is 4.92 Å². The summed E-state index contributed by atoms with van der Waals surface area (Å²) in [7, 11) is 0. The zero-order valence-corrected chi connectivity index (χ0v) is 12.6. The molecule has 0 unspecified atom stereocenters. The van der Waals surface area contributed by atoms with Crippen molar-refractivity contribution in [2.75, 3.05) is 0 Å². The van der Waals surface area contributed by atoms with Crippen molar-refractivity contribution in [3.63, 3.8) is 0 Å². The molecule has 3 aromatic rings. The molecule has 0 radical (unpaired) electrons. The molecule has 0 aliphatic heterocycles. The van der Waals surface area contributed by atoms with Gasteiger partial charge in [0.25, 0.3) is 5.69 Å². The van der Waals surface area contributed by atoms with E-state index < -0.39 is 4.92 Å². The highest BCUT2D eigenvalue weighted by atomic mass is 16.6. The lowest BCUT2D eigenvalue weighted by atomic mass is 10.2. The van der Waals surface area contributed by atoms with Crippen molar-refractivity contribution in [3.05, 3.63) is 88.3 Å². The Kier molecular flexibility index (Phi) is 4.52. The van der Waals surface area contributed by atoms with Crippen LogP contribution in [0.2, 0.25) is 0 Å². The second kappa shape index (κ2) is 7.10. The molecule has 118 valence electrons. The van der Waals surface area contributed by atoms with Crippen LogP contribution in [0.5, 0.6) is 0 Å². The monoisotopic (exact) mass is 319 g/mol. The summed E-state index contributed by atoms with van der Waals surface area (Å²) >= 11 is 0. The van der Waals surface area contributed by atoms with Crippen molar-refractivity contribution in [1.82, 2.24) is 20.2 Å². The first-order valence-corrected chi connectivity index (χ1v) is 7.17. The predicted molar refractivity (Wildman–Crippen MR) is 90.3 cm³/mol. The minimum absolute atomic E-state index is 0.0121. The van der Waals surface area contributed by atoms with E-state index in [0.717, 1.165) is 5.56 Å². The summed E-state index contributed by atoms with van der Waals surface area (Å²) in [6.07, 6.45) is 7.38. The average Bonchev–Trinajstić information content (AvgIpc) is 3.08. The lowest BCUT2D eigenvalue weighted by molar-refractivity contribution is -0.384. The van der Waals surface area contributed by atoms with Crippen LogP contribution in [0.15, 0.2) is 66.7 Å². The topological polar surface area (TPSA) is 86.7 Å². The first-order valence-electron chi connectivity index (χ1n) is 7.17. The van der Waals surface area contributed by atoms with E-state index in [9.17, 15) is 10.1 Å². The summed E-state index contributed by atoms with van der Waals surface area (Å²) in [6.45, 7) is 0. The molecule has 24 heavy (non-hydrogen) atoms. The molecule has 1 aromatic heterocycles. The van der Waals surface area contributed by atoms with Crippen LogP contribution in [0.4, 0.5) is 5.69 Å². The summed E-state index contributed by atoms with van der Waals surface area (Å²) in [5.74, 6) is 0.480. The van der Waals surface area contributed by atoms with Crippen LogP contribution in [0.25, 0.3) is 17.8 Å². The van der Waals surface area contributed by atoms with E-state index in [1.165, 1.54) is 16.8 Å². The number of non-ortho nitro benzene ring substituents is 1. The molecule has 0 saturated carbocycles. The molecule has 0 bridgehead atoms. The van der Waals surface area contributed by atoms with Crippen molar-refractivity contribution in [3.8, 4) is 5.69 Å². The molecule has 0 saturated heterocycles. The van der Waals surface area contributed by atoms with Gasteiger partial charge in [0.05, 0.1) is 10.6 Å². The summed E-state index contributed by atoms with van der Waals surface area (Å²) < 4.78 is 1.44. The first kappa shape index (κ1) is 15.3. The van der Waals surface area contributed by atoms with Gasteiger partial charge in [-0.15, -0.1) is 5.10 Å². The summed E-state index contributed by atoms with van der Waals surface area (Å²) in [5, 5.41) is 22.3. The number of allylic oxidation sites excluding steroid dienone is 2. The number of tetrazole rings is 1. The van der Waals surface area contributed by atoms with Crippen LogP contribution in [0.1, 0.15) is 11.4 Å². The Bertz CT molecular complexity index is 900. The Balaban J connectivity index is 1.81. The Labute approximate surface area is 137 Å².